The van der Waals surface area contributed by atoms with Crippen molar-refractivity contribution >= 4 is 11.3 Å². The van der Waals surface area contributed by atoms with Crippen molar-refractivity contribution in [2.45, 2.75) is 26.4 Å². The number of hydrogen-bond donors (Lipinski definition) is 1. The first kappa shape index (κ1) is 15.9. The van der Waals surface area contributed by atoms with Gasteiger partial charge in [0.05, 0.1) is 6.61 Å². The van der Waals surface area contributed by atoms with Crippen molar-refractivity contribution in [2.24, 2.45) is 0 Å². The summed E-state index contributed by atoms with van der Waals surface area (Å²) in [5, 5.41) is 9.95. The van der Waals surface area contributed by atoms with E-state index >= 15 is 0 Å². The lowest BCUT2D eigenvalue weighted by Gasteiger charge is -2.09. The van der Waals surface area contributed by atoms with Crippen LogP contribution in [0.3, 0.4) is 0 Å². The molecule has 118 valence electrons. The van der Waals surface area contributed by atoms with Gasteiger partial charge in [0.25, 0.3) is 0 Å². The molecule has 3 heteroatoms. The zero-order chi connectivity index (χ0) is 16.4. The van der Waals surface area contributed by atoms with Gasteiger partial charge >= 0.3 is 0 Å². The fraction of sp³-hybridized carbons (Fsp3) is 0.200. The van der Waals surface area contributed by atoms with E-state index in [2.05, 4.69) is 26.0 Å². The van der Waals surface area contributed by atoms with Gasteiger partial charge in [-0.2, -0.15) is 0 Å². The van der Waals surface area contributed by atoms with Gasteiger partial charge < -0.3 is 5.11 Å². The average molecular weight is 326 g/mol. The molecule has 0 aliphatic rings. The van der Waals surface area contributed by atoms with E-state index in [-0.39, 0.29) is 12.4 Å². The lowest BCUT2D eigenvalue weighted by molar-refractivity contribution is 0.281. The Hall–Kier alpha value is -1.97. The van der Waals surface area contributed by atoms with Gasteiger partial charge in [-0.25, -0.2) is 4.39 Å². The topological polar surface area (TPSA) is 20.2 Å². The number of rotatable bonds is 4. The number of benzene rings is 2. The van der Waals surface area contributed by atoms with E-state index in [9.17, 15) is 9.50 Å². The van der Waals surface area contributed by atoms with Crippen LogP contribution in [-0.4, -0.2) is 5.11 Å². The van der Waals surface area contributed by atoms with Crippen molar-refractivity contribution < 1.29 is 9.50 Å². The highest BCUT2D eigenvalue weighted by molar-refractivity contribution is 7.16. The molecule has 0 unspecified atom stereocenters. The number of halogens is 1. The van der Waals surface area contributed by atoms with E-state index in [1.54, 1.807) is 17.4 Å². The van der Waals surface area contributed by atoms with Crippen molar-refractivity contribution in [3.8, 4) is 21.6 Å². The second-order valence-electron chi connectivity index (χ2n) is 5.84. The summed E-state index contributed by atoms with van der Waals surface area (Å²) in [6, 6.07) is 16.7. The van der Waals surface area contributed by atoms with Gasteiger partial charge in [0.15, 0.2) is 0 Å². The zero-order valence-electron chi connectivity index (χ0n) is 13.2. The van der Waals surface area contributed by atoms with E-state index in [0.717, 1.165) is 32.0 Å². The molecule has 1 heterocycles. The summed E-state index contributed by atoms with van der Waals surface area (Å²) in [5.74, 6) is 0.0506. The fourth-order valence-electron chi connectivity index (χ4n) is 2.85. The van der Waals surface area contributed by atoms with E-state index in [4.69, 9.17) is 0 Å². The third kappa shape index (κ3) is 3.07. The minimum absolute atomic E-state index is 0.0390. The zero-order valence-corrected chi connectivity index (χ0v) is 14.0. The Bertz CT molecular complexity index is 806. The lowest BCUT2D eigenvalue weighted by Crippen LogP contribution is -1.93. The van der Waals surface area contributed by atoms with Gasteiger partial charge in [-0.15, -0.1) is 11.3 Å². The molecule has 1 N–H and O–H groups in total. The highest BCUT2D eigenvalue weighted by atomic mass is 32.1. The van der Waals surface area contributed by atoms with Crippen LogP contribution in [0.25, 0.3) is 21.6 Å². The highest BCUT2D eigenvalue weighted by Gasteiger charge is 2.21. The predicted octanol–water partition coefficient (Wildman–Crippen LogP) is 5.84. The van der Waals surface area contributed by atoms with Gasteiger partial charge in [-0.05, 0) is 29.2 Å². The van der Waals surface area contributed by atoms with Crippen LogP contribution in [0.1, 0.15) is 30.2 Å². The SMILES string of the molecule is CC(C)c1sc(-c2ccccc2)c(-c2cccc(F)c2)c1CO. The van der Waals surface area contributed by atoms with Gasteiger partial charge in [0.2, 0.25) is 0 Å². The molecule has 3 rings (SSSR count). The molecule has 2 aromatic carbocycles. The van der Waals surface area contributed by atoms with Crippen LogP contribution in [-0.2, 0) is 6.61 Å². The van der Waals surface area contributed by atoms with Crippen LogP contribution in [0, 0.1) is 5.82 Å². The second kappa shape index (κ2) is 6.65. The van der Waals surface area contributed by atoms with Crippen LogP contribution in [0.5, 0.6) is 0 Å². The third-order valence-electron chi connectivity index (χ3n) is 3.87. The Morgan fingerprint density at radius 1 is 1.00 bits per heavy atom. The summed E-state index contributed by atoms with van der Waals surface area (Å²) in [6.07, 6.45) is 0. The first-order chi connectivity index (χ1) is 11.1. The van der Waals surface area contributed by atoms with Crippen molar-refractivity contribution in [3.63, 3.8) is 0 Å². The van der Waals surface area contributed by atoms with Crippen molar-refractivity contribution in [1.29, 1.82) is 0 Å². The monoisotopic (exact) mass is 326 g/mol. The Kier molecular flexibility index (Phi) is 4.60. The van der Waals surface area contributed by atoms with E-state index < -0.39 is 0 Å². The van der Waals surface area contributed by atoms with Gasteiger partial charge in [-0.1, -0.05) is 56.3 Å². The molecule has 3 aromatic rings. The second-order valence-corrected chi connectivity index (χ2v) is 6.89. The Morgan fingerprint density at radius 3 is 2.30 bits per heavy atom. The van der Waals surface area contributed by atoms with Crippen LogP contribution >= 0.6 is 11.3 Å². The summed E-state index contributed by atoms with van der Waals surface area (Å²) < 4.78 is 13.7. The maximum Gasteiger partial charge on any atom is 0.123 e. The smallest absolute Gasteiger partial charge is 0.123 e. The summed E-state index contributed by atoms with van der Waals surface area (Å²) in [6.45, 7) is 4.20. The molecule has 0 bridgehead atoms. The maximum absolute atomic E-state index is 13.7. The van der Waals surface area contributed by atoms with Crippen LogP contribution in [0.2, 0.25) is 0 Å². The molecular weight excluding hydrogens is 307 g/mol. The van der Waals surface area contributed by atoms with Crippen molar-refractivity contribution in [3.05, 3.63) is 70.9 Å². The Morgan fingerprint density at radius 2 is 1.70 bits per heavy atom. The standard InChI is InChI=1S/C20H19FOS/c1-13(2)19-17(12-22)18(15-9-6-10-16(21)11-15)20(23-19)14-7-4-3-5-8-14/h3-11,13,22H,12H2,1-2H3. The van der Waals surface area contributed by atoms with E-state index in [1.165, 1.54) is 12.1 Å². The van der Waals surface area contributed by atoms with Gasteiger partial charge in [0, 0.05) is 20.9 Å². The van der Waals surface area contributed by atoms with Crippen LogP contribution < -0.4 is 0 Å². The molecule has 0 saturated carbocycles. The van der Waals surface area contributed by atoms with Crippen molar-refractivity contribution in [1.82, 2.24) is 0 Å². The average Bonchev–Trinajstić information content (AvgIpc) is 2.95. The van der Waals surface area contributed by atoms with Gasteiger partial charge in [-0.3, -0.25) is 0 Å². The van der Waals surface area contributed by atoms with Gasteiger partial charge in [0.1, 0.15) is 5.82 Å². The summed E-state index contributed by atoms with van der Waals surface area (Å²) in [4.78, 5) is 2.24. The van der Waals surface area contributed by atoms with Crippen LogP contribution in [0.4, 0.5) is 4.39 Å². The van der Waals surface area contributed by atoms with E-state index in [0.29, 0.717) is 5.92 Å². The molecule has 0 amide bonds. The molecular formula is C20H19FOS. The third-order valence-corrected chi connectivity index (χ3v) is 5.45. The predicted molar refractivity (Wildman–Crippen MR) is 95.2 cm³/mol. The largest absolute Gasteiger partial charge is 0.392 e. The molecule has 0 spiro atoms. The first-order valence-electron chi connectivity index (χ1n) is 7.69. The number of aliphatic hydroxyl groups excluding tert-OH is 1. The Labute approximate surface area is 140 Å². The molecule has 0 atom stereocenters. The van der Waals surface area contributed by atoms with Crippen LogP contribution in [0.15, 0.2) is 54.6 Å². The molecule has 0 saturated heterocycles. The maximum atomic E-state index is 13.7. The molecule has 1 aromatic heterocycles. The minimum Gasteiger partial charge on any atom is -0.392 e. The number of thiophene rings is 1. The summed E-state index contributed by atoms with van der Waals surface area (Å²) >= 11 is 1.69. The summed E-state index contributed by atoms with van der Waals surface area (Å²) in [5.41, 5.74) is 3.77. The molecule has 1 nitrogen and oxygen atoms in total. The molecule has 0 fully saturated rings. The Balaban J connectivity index is 2.31. The first-order valence-corrected chi connectivity index (χ1v) is 8.51. The normalized spacial score (nSPS) is 11.2. The minimum atomic E-state index is -0.261. The summed E-state index contributed by atoms with van der Waals surface area (Å²) in [7, 11) is 0. The van der Waals surface area contributed by atoms with Crippen molar-refractivity contribution in [2.75, 3.05) is 0 Å². The molecule has 0 radical (unpaired) electrons. The molecule has 23 heavy (non-hydrogen) atoms. The lowest BCUT2D eigenvalue weighted by atomic mass is 9.95. The highest BCUT2D eigenvalue weighted by Crippen LogP contribution is 2.45. The molecule has 0 aliphatic heterocycles. The quantitative estimate of drug-likeness (QED) is 0.639. The fourth-order valence-corrected chi connectivity index (χ4v) is 4.19. The number of aliphatic hydroxyl groups is 1. The van der Waals surface area contributed by atoms with E-state index in [1.807, 2.05) is 24.3 Å². The number of hydrogen-bond acceptors (Lipinski definition) is 2. The molecule has 0 aliphatic carbocycles.